The average molecular weight is 293 g/mol. The molecule has 1 aliphatic heterocycles. The molecule has 1 N–H and O–H groups in total. The minimum absolute atomic E-state index is 0.165. The molecular weight excluding hydrogens is 266 g/mol. The van der Waals surface area contributed by atoms with Crippen LogP contribution in [-0.4, -0.2) is 46.1 Å². The molecule has 0 spiro atoms. The van der Waals surface area contributed by atoms with Crippen LogP contribution < -0.4 is 10.1 Å². The van der Waals surface area contributed by atoms with Gasteiger partial charge in [-0.25, -0.2) is 0 Å². The first-order valence-electron chi connectivity index (χ1n) is 7.59. The number of benzene rings is 1. The van der Waals surface area contributed by atoms with Gasteiger partial charge in [-0.1, -0.05) is 17.7 Å². The van der Waals surface area contributed by atoms with Gasteiger partial charge in [-0.2, -0.15) is 0 Å². The highest BCUT2D eigenvalue weighted by Gasteiger charge is 2.40. The molecule has 1 aromatic rings. The lowest BCUT2D eigenvalue weighted by atomic mass is 9.82. The van der Waals surface area contributed by atoms with Gasteiger partial charge in [0.15, 0.2) is 0 Å². The molecule has 0 bridgehead atoms. The van der Waals surface area contributed by atoms with Crippen molar-refractivity contribution in [3.05, 3.63) is 29.3 Å². The molecule has 1 aliphatic rings. The third-order valence-electron chi connectivity index (χ3n) is 4.59. The Kier molecular flexibility index (Phi) is 5.62. The molecule has 0 aliphatic carbocycles. The first kappa shape index (κ1) is 16.3. The van der Waals surface area contributed by atoms with Crippen molar-refractivity contribution in [1.82, 2.24) is 5.32 Å². The van der Waals surface area contributed by atoms with Crippen LogP contribution in [0.15, 0.2) is 18.2 Å². The van der Waals surface area contributed by atoms with Crippen molar-refractivity contribution >= 4 is 0 Å². The van der Waals surface area contributed by atoms with Gasteiger partial charge in [0.05, 0.1) is 12.7 Å². The number of hydrogen-bond acceptors (Lipinski definition) is 4. The van der Waals surface area contributed by atoms with Crippen LogP contribution in [0.1, 0.15) is 24.0 Å². The molecule has 0 saturated carbocycles. The Hall–Kier alpha value is -1.10. The van der Waals surface area contributed by atoms with Gasteiger partial charge in [0.1, 0.15) is 5.75 Å². The van der Waals surface area contributed by atoms with Crippen molar-refractivity contribution in [2.45, 2.75) is 37.8 Å². The van der Waals surface area contributed by atoms with Crippen molar-refractivity contribution in [2.75, 3.05) is 34.5 Å². The molecule has 1 fully saturated rings. The largest absolute Gasteiger partial charge is 0.496 e. The number of aryl methyl sites for hydroxylation is 1. The van der Waals surface area contributed by atoms with Gasteiger partial charge in [0.2, 0.25) is 0 Å². The smallest absolute Gasteiger partial charge is 0.122 e. The molecule has 21 heavy (non-hydrogen) atoms. The Morgan fingerprint density at radius 1 is 1.29 bits per heavy atom. The summed E-state index contributed by atoms with van der Waals surface area (Å²) in [5.41, 5.74) is 2.31. The lowest BCUT2D eigenvalue weighted by Crippen LogP contribution is -2.55. The molecule has 4 nitrogen and oxygen atoms in total. The highest BCUT2D eigenvalue weighted by atomic mass is 16.5. The van der Waals surface area contributed by atoms with Gasteiger partial charge in [-0.15, -0.1) is 0 Å². The number of methoxy groups -OCH3 is 2. The zero-order valence-corrected chi connectivity index (χ0v) is 13.6. The Morgan fingerprint density at radius 2 is 2.00 bits per heavy atom. The van der Waals surface area contributed by atoms with Crippen LogP contribution in [0.4, 0.5) is 0 Å². The summed E-state index contributed by atoms with van der Waals surface area (Å²) in [6, 6.07) is 6.56. The molecule has 1 aromatic carbocycles. The normalized spacial score (nSPS) is 19.2. The van der Waals surface area contributed by atoms with Crippen LogP contribution in [0.2, 0.25) is 0 Å². The standard InChI is InChI=1S/C17H27NO3/c1-13-5-6-15(19-3)14(11-13)12-16(18-2)17(20-4)7-9-21-10-8-17/h5-6,11,16,18H,7-10,12H2,1-4H3. The monoisotopic (exact) mass is 293 g/mol. The van der Waals surface area contributed by atoms with E-state index < -0.39 is 0 Å². The van der Waals surface area contributed by atoms with Gasteiger partial charge < -0.3 is 19.5 Å². The first-order chi connectivity index (χ1) is 10.1. The predicted octanol–water partition coefficient (Wildman–Crippen LogP) is 2.33. The second kappa shape index (κ2) is 7.25. The molecule has 0 amide bonds. The second-order valence-corrected chi connectivity index (χ2v) is 5.74. The zero-order valence-electron chi connectivity index (χ0n) is 13.6. The Balaban J connectivity index is 2.23. The van der Waals surface area contributed by atoms with E-state index in [1.165, 1.54) is 11.1 Å². The van der Waals surface area contributed by atoms with E-state index in [2.05, 4.69) is 24.4 Å². The summed E-state index contributed by atoms with van der Waals surface area (Å²) in [6.07, 6.45) is 2.72. The molecule has 0 radical (unpaired) electrons. The van der Waals surface area contributed by atoms with Crippen molar-refractivity contribution in [3.8, 4) is 5.75 Å². The van der Waals surface area contributed by atoms with E-state index in [0.29, 0.717) is 0 Å². The van der Waals surface area contributed by atoms with E-state index in [-0.39, 0.29) is 11.6 Å². The molecule has 1 heterocycles. The van der Waals surface area contributed by atoms with Crippen LogP contribution in [0.25, 0.3) is 0 Å². The minimum Gasteiger partial charge on any atom is -0.496 e. The summed E-state index contributed by atoms with van der Waals surface area (Å²) < 4.78 is 16.9. The van der Waals surface area contributed by atoms with Gasteiger partial charge in [0.25, 0.3) is 0 Å². The van der Waals surface area contributed by atoms with Crippen LogP contribution in [0.5, 0.6) is 5.75 Å². The fourth-order valence-corrected chi connectivity index (χ4v) is 3.25. The predicted molar refractivity (Wildman–Crippen MR) is 84.1 cm³/mol. The summed E-state index contributed by atoms with van der Waals surface area (Å²) in [5, 5.41) is 3.45. The Morgan fingerprint density at radius 3 is 2.57 bits per heavy atom. The van der Waals surface area contributed by atoms with Gasteiger partial charge in [-0.3, -0.25) is 0 Å². The molecule has 4 heteroatoms. The molecule has 0 aromatic heterocycles. The average Bonchev–Trinajstić information content (AvgIpc) is 2.53. The minimum atomic E-state index is -0.165. The van der Waals surface area contributed by atoms with Gasteiger partial charge in [0, 0.05) is 39.2 Å². The number of hydrogen-bond donors (Lipinski definition) is 1. The van der Waals surface area contributed by atoms with Crippen LogP contribution >= 0.6 is 0 Å². The fourth-order valence-electron chi connectivity index (χ4n) is 3.25. The van der Waals surface area contributed by atoms with Gasteiger partial charge >= 0.3 is 0 Å². The summed E-state index contributed by atoms with van der Waals surface area (Å²) in [7, 11) is 5.54. The summed E-state index contributed by atoms with van der Waals surface area (Å²) in [4.78, 5) is 0. The number of nitrogens with one attached hydrogen (secondary N) is 1. The number of likely N-dealkylation sites (N-methyl/N-ethyl adjacent to an activating group) is 1. The maximum absolute atomic E-state index is 5.92. The number of ether oxygens (including phenoxy) is 3. The van der Waals surface area contributed by atoms with E-state index in [1.54, 1.807) is 7.11 Å². The third-order valence-corrected chi connectivity index (χ3v) is 4.59. The zero-order chi connectivity index (χ0) is 15.3. The van der Waals surface area contributed by atoms with E-state index in [0.717, 1.165) is 38.2 Å². The maximum atomic E-state index is 5.92. The Labute approximate surface area is 127 Å². The SMILES string of the molecule is CNC(Cc1cc(C)ccc1OC)C1(OC)CCOCC1. The van der Waals surface area contributed by atoms with Crippen molar-refractivity contribution < 1.29 is 14.2 Å². The first-order valence-corrected chi connectivity index (χ1v) is 7.59. The van der Waals surface area contributed by atoms with Crippen LogP contribution in [0.3, 0.4) is 0 Å². The topological polar surface area (TPSA) is 39.7 Å². The highest BCUT2D eigenvalue weighted by Crippen LogP contribution is 2.32. The van der Waals surface area contributed by atoms with Crippen molar-refractivity contribution in [3.63, 3.8) is 0 Å². The molecule has 1 atom stereocenters. The summed E-state index contributed by atoms with van der Waals surface area (Å²) in [6.45, 7) is 3.63. The Bertz CT molecular complexity index is 455. The lowest BCUT2D eigenvalue weighted by molar-refractivity contribution is -0.109. The summed E-state index contributed by atoms with van der Waals surface area (Å²) in [5.74, 6) is 0.944. The molecule has 2 rings (SSSR count). The molecular formula is C17H27NO3. The van der Waals surface area contributed by atoms with E-state index >= 15 is 0 Å². The molecule has 1 saturated heterocycles. The van der Waals surface area contributed by atoms with Crippen molar-refractivity contribution in [2.24, 2.45) is 0 Å². The third kappa shape index (κ3) is 3.57. The van der Waals surface area contributed by atoms with E-state index in [4.69, 9.17) is 14.2 Å². The summed E-state index contributed by atoms with van der Waals surface area (Å²) >= 11 is 0. The van der Waals surface area contributed by atoms with Crippen LogP contribution in [-0.2, 0) is 15.9 Å². The molecule has 118 valence electrons. The second-order valence-electron chi connectivity index (χ2n) is 5.74. The van der Waals surface area contributed by atoms with Gasteiger partial charge in [-0.05, 0) is 32.0 Å². The number of rotatable bonds is 6. The van der Waals surface area contributed by atoms with Crippen molar-refractivity contribution in [1.29, 1.82) is 0 Å². The molecule has 1 unspecified atom stereocenters. The quantitative estimate of drug-likeness (QED) is 0.874. The van der Waals surface area contributed by atoms with Crippen LogP contribution in [0, 0.1) is 6.92 Å². The van der Waals surface area contributed by atoms with E-state index in [9.17, 15) is 0 Å². The van der Waals surface area contributed by atoms with E-state index in [1.807, 2.05) is 20.2 Å². The lowest BCUT2D eigenvalue weighted by Gasteiger charge is -2.42. The maximum Gasteiger partial charge on any atom is 0.122 e. The fraction of sp³-hybridized carbons (Fsp3) is 0.647. The highest BCUT2D eigenvalue weighted by molar-refractivity contribution is 5.37.